The van der Waals surface area contributed by atoms with Crippen molar-refractivity contribution >= 4 is 44.8 Å². The molecule has 1 atom stereocenters. The predicted octanol–water partition coefficient (Wildman–Crippen LogP) is 15.8. The van der Waals surface area contributed by atoms with Gasteiger partial charge in [0, 0.05) is 39.4 Å². The molecule has 0 N–H and O–H groups in total. The van der Waals surface area contributed by atoms with Crippen LogP contribution in [0.1, 0.15) is 29.2 Å². The maximum Gasteiger partial charge on any atom is 0.0616 e. The second-order valence-corrected chi connectivity index (χ2v) is 15.6. The van der Waals surface area contributed by atoms with Crippen molar-refractivity contribution in [1.29, 1.82) is 0 Å². The van der Waals surface area contributed by atoms with E-state index in [-0.39, 0.29) is 5.92 Å². The molecule has 1 aromatic heterocycles. The molecule has 0 amide bonds. The topological polar surface area (TPSA) is 8.17 Å². The van der Waals surface area contributed by atoms with E-state index >= 15 is 0 Å². The standard InChI is InChI=1S/C58H42N2/c1-4-16-41(17-5-1)42-30-35-48(36-31-42)59(49-37-32-45(33-38-49)52-26-13-12-25-51(52)43-18-6-2-7-19-43)50-24-14-21-46(40-50)53-28-15-29-56-57(53)55-39-34-44-20-10-11-27-54(44)58(55)60(56)47-22-8-3-9-23-47/h1-27,29-40,53H,28H2. The van der Waals surface area contributed by atoms with Crippen LogP contribution in [-0.2, 0) is 0 Å². The zero-order chi connectivity index (χ0) is 39.8. The number of anilines is 3. The minimum Gasteiger partial charge on any atom is -0.310 e. The maximum absolute atomic E-state index is 2.48. The van der Waals surface area contributed by atoms with Crippen LogP contribution in [0.4, 0.5) is 17.1 Å². The van der Waals surface area contributed by atoms with Crippen molar-refractivity contribution in [2.75, 3.05) is 4.90 Å². The molecule has 9 aromatic carbocycles. The molecule has 11 rings (SSSR count). The lowest BCUT2D eigenvalue weighted by Gasteiger charge is -2.28. The molecule has 284 valence electrons. The summed E-state index contributed by atoms with van der Waals surface area (Å²) in [5.74, 6) is 0.178. The molecular formula is C58H42N2. The van der Waals surface area contributed by atoms with E-state index in [9.17, 15) is 0 Å². The maximum atomic E-state index is 2.48. The Hall–Kier alpha value is -7.68. The highest BCUT2D eigenvalue weighted by atomic mass is 15.1. The van der Waals surface area contributed by atoms with Gasteiger partial charge in [0.2, 0.25) is 0 Å². The van der Waals surface area contributed by atoms with Gasteiger partial charge in [-0.1, -0.05) is 182 Å². The number of benzene rings is 9. The Morgan fingerprint density at radius 3 is 1.68 bits per heavy atom. The van der Waals surface area contributed by atoms with Crippen LogP contribution in [0, 0.1) is 0 Å². The van der Waals surface area contributed by atoms with Gasteiger partial charge >= 0.3 is 0 Å². The Bertz CT molecular complexity index is 3140. The first-order valence-electron chi connectivity index (χ1n) is 20.9. The first-order valence-corrected chi connectivity index (χ1v) is 20.9. The number of hydrogen-bond donors (Lipinski definition) is 0. The molecule has 2 nitrogen and oxygen atoms in total. The van der Waals surface area contributed by atoms with Crippen LogP contribution < -0.4 is 4.90 Å². The van der Waals surface area contributed by atoms with Crippen molar-refractivity contribution in [1.82, 2.24) is 4.57 Å². The van der Waals surface area contributed by atoms with Crippen molar-refractivity contribution in [2.24, 2.45) is 0 Å². The summed E-state index contributed by atoms with van der Waals surface area (Å²) >= 11 is 0. The molecular weight excluding hydrogens is 725 g/mol. The second kappa shape index (κ2) is 15.2. The van der Waals surface area contributed by atoms with Crippen molar-refractivity contribution in [3.05, 3.63) is 247 Å². The Morgan fingerprint density at radius 2 is 0.983 bits per heavy atom. The second-order valence-electron chi connectivity index (χ2n) is 15.6. The Kier molecular flexibility index (Phi) is 9.02. The first kappa shape index (κ1) is 35.5. The number of para-hydroxylation sites is 1. The predicted molar refractivity (Wildman–Crippen MR) is 254 cm³/mol. The molecule has 1 aliphatic rings. The van der Waals surface area contributed by atoms with E-state index < -0.39 is 0 Å². The van der Waals surface area contributed by atoms with Gasteiger partial charge in [-0.15, -0.1) is 0 Å². The number of allylic oxidation sites excluding steroid dienone is 1. The van der Waals surface area contributed by atoms with E-state index in [1.807, 2.05) is 0 Å². The molecule has 1 heterocycles. The molecule has 0 saturated heterocycles. The lowest BCUT2D eigenvalue weighted by Crippen LogP contribution is -2.12. The van der Waals surface area contributed by atoms with Crippen LogP contribution in [0.2, 0.25) is 0 Å². The Morgan fingerprint density at radius 1 is 0.417 bits per heavy atom. The lowest BCUT2D eigenvalue weighted by atomic mass is 9.83. The molecule has 0 bridgehead atoms. The van der Waals surface area contributed by atoms with Crippen LogP contribution in [0.25, 0.3) is 66.8 Å². The lowest BCUT2D eigenvalue weighted by molar-refractivity contribution is 0.819. The zero-order valence-electron chi connectivity index (χ0n) is 33.2. The van der Waals surface area contributed by atoms with Crippen LogP contribution in [-0.4, -0.2) is 4.57 Å². The fourth-order valence-corrected chi connectivity index (χ4v) is 9.36. The van der Waals surface area contributed by atoms with Crippen LogP contribution in [0.15, 0.2) is 231 Å². The number of hydrogen-bond acceptors (Lipinski definition) is 1. The summed E-state index contributed by atoms with van der Waals surface area (Å²) in [4.78, 5) is 2.41. The summed E-state index contributed by atoms with van der Waals surface area (Å²) in [6.45, 7) is 0. The first-order chi connectivity index (χ1) is 29.8. The van der Waals surface area contributed by atoms with E-state index in [1.54, 1.807) is 0 Å². The summed E-state index contributed by atoms with van der Waals surface area (Å²) in [5.41, 5.74) is 17.0. The third-order valence-electron chi connectivity index (χ3n) is 12.2. The summed E-state index contributed by atoms with van der Waals surface area (Å²) in [5, 5.41) is 3.84. The van der Waals surface area contributed by atoms with E-state index in [2.05, 4.69) is 246 Å². The molecule has 0 radical (unpaired) electrons. The fourth-order valence-electron chi connectivity index (χ4n) is 9.36. The number of rotatable bonds is 8. The number of nitrogens with zero attached hydrogens (tertiary/aromatic N) is 2. The molecule has 0 fully saturated rings. The van der Waals surface area contributed by atoms with Crippen molar-refractivity contribution < 1.29 is 0 Å². The highest BCUT2D eigenvalue weighted by Gasteiger charge is 2.28. The highest BCUT2D eigenvalue weighted by Crippen LogP contribution is 2.46. The SMILES string of the molecule is C1=Cc2c(c3ccc4ccccc4c3n2-c2ccccc2)C(c2cccc(N(c3ccc(-c4ccccc4)cc3)c3ccc(-c4ccccc4-c4ccccc4)cc3)c2)C1. The largest absolute Gasteiger partial charge is 0.310 e. The van der Waals surface area contributed by atoms with Crippen molar-refractivity contribution in [3.8, 4) is 39.1 Å². The average Bonchev–Trinajstić information content (AvgIpc) is 3.68. The van der Waals surface area contributed by atoms with Crippen LogP contribution in [0.3, 0.4) is 0 Å². The molecule has 60 heavy (non-hydrogen) atoms. The van der Waals surface area contributed by atoms with Crippen LogP contribution in [0.5, 0.6) is 0 Å². The van der Waals surface area contributed by atoms with E-state index in [0.717, 1.165) is 23.5 Å². The van der Waals surface area contributed by atoms with Gasteiger partial charge in [0.15, 0.2) is 0 Å². The summed E-state index contributed by atoms with van der Waals surface area (Å²) in [6.07, 6.45) is 5.64. The summed E-state index contributed by atoms with van der Waals surface area (Å²) in [6, 6.07) is 81.6. The van der Waals surface area contributed by atoms with Gasteiger partial charge in [-0.2, -0.15) is 0 Å². The molecule has 0 spiro atoms. The molecule has 2 heteroatoms. The monoisotopic (exact) mass is 766 g/mol. The average molecular weight is 767 g/mol. The summed E-state index contributed by atoms with van der Waals surface area (Å²) < 4.78 is 2.48. The highest BCUT2D eigenvalue weighted by molar-refractivity contribution is 6.09. The van der Waals surface area contributed by atoms with Gasteiger partial charge in [0.25, 0.3) is 0 Å². The third kappa shape index (κ3) is 6.31. The van der Waals surface area contributed by atoms with Gasteiger partial charge in [0.1, 0.15) is 0 Å². The normalized spacial score (nSPS) is 13.4. The minimum absolute atomic E-state index is 0.178. The van der Waals surface area contributed by atoms with Crippen molar-refractivity contribution in [3.63, 3.8) is 0 Å². The molecule has 0 saturated carbocycles. The smallest absolute Gasteiger partial charge is 0.0616 e. The van der Waals surface area contributed by atoms with Crippen LogP contribution >= 0.6 is 0 Å². The molecule has 0 aliphatic heterocycles. The minimum atomic E-state index is 0.178. The van der Waals surface area contributed by atoms with Gasteiger partial charge in [-0.3, -0.25) is 0 Å². The van der Waals surface area contributed by atoms with E-state index in [0.29, 0.717) is 0 Å². The zero-order valence-corrected chi connectivity index (χ0v) is 33.2. The van der Waals surface area contributed by atoms with E-state index in [4.69, 9.17) is 0 Å². The Labute approximate surface area is 351 Å². The van der Waals surface area contributed by atoms with Gasteiger partial charge in [0.05, 0.1) is 11.2 Å². The number of aromatic nitrogens is 1. The third-order valence-corrected chi connectivity index (χ3v) is 12.2. The molecule has 10 aromatic rings. The fraction of sp³-hybridized carbons (Fsp3) is 0.0345. The van der Waals surface area contributed by atoms with Crippen molar-refractivity contribution in [2.45, 2.75) is 12.3 Å². The molecule has 1 unspecified atom stereocenters. The van der Waals surface area contributed by atoms with Gasteiger partial charge in [-0.05, 0) is 111 Å². The Balaban J connectivity index is 1.04. The quantitative estimate of drug-likeness (QED) is 0.150. The van der Waals surface area contributed by atoms with E-state index in [1.165, 1.54) is 77.6 Å². The van der Waals surface area contributed by atoms with Gasteiger partial charge < -0.3 is 9.47 Å². The molecule has 1 aliphatic carbocycles. The number of fused-ring (bicyclic) bond motifs is 5. The summed E-state index contributed by atoms with van der Waals surface area (Å²) in [7, 11) is 0. The van der Waals surface area contributed by atoms with Gasteiger partial charge in [-0.25, -0.2) is 0 Å².